The molecule has 3 aromatic rings. The molecule has 2 aliphatic carbocycles. The van der Waals surface area contributed by atoms with Crippen LogP contribution < -0.4 is 5.32 Å². The van der Waals surface area contributed by atoms with Crippen molar-refractivity contribution in [1.29, 1.82) is 0 Å². The molecule has 0 amide bonds. The summed E-state index contributed by atoms with van der Waals surface area (Å²) in [6, 6.07) is 18.1. The second-order valence-electron chi connectivity index (χ2n) is 8.70. The van der Waals surface area contributed by atoms with E-state index in [2.05, 4.69) is 54.0 Å². The first kappa shape index (κ1) is 20.3. The molecule has 1 saturated carbocycles. The number of carbonyl (C=O) groups is 1. The lowest BCUT2D eigenvalue weighted by atomic mass is 9.61. The molecule has 0 atom stereocenters. The Hall–Kier alpha value is -2.56. The Bertz CT molecular complexity index is 1190. The van der Waals surface area contributed by atoms with Crippen LogP contribution in [0.25, 0.3) is 11.6 Å². The van der Waals surface area contributed by atoms with Crippen molar-refractivity contribution in [2.45, 2.75) is 43.6 Å². The van der Waals surface area contributed by atoms with E-state index in [9.17, 15) is 9.90 Å². The number of carboxylic acid groups (broad SMARTS) is 1. The van der Waals surface area contributed by atoms with Gasteiger partial charge in [-0.1, -0.05) is 41.9 Å². The van der Waals surface area contributed by atoms with Gasteiger partial charge in [0.1, 0.15) is 5.54 Å². The fourth-order valence-electron chi connectivity index (χ4n) is 5.32. The third-order valence-corrected chi connectivity index (χ3v) is 8.00. The summed E-state index contributed by atoms with van der Waals surface area (Å²) in [6.07, 6.45) is 4.97. The first-order chi connectivity index (χ1) is 14.9. The molecular weight excluding hydrogens is 426 g/mol. The van der Waals surface area contributed by atoms with E-state index in [0.29, 0.717) is 17.9 Å². The molecule has 3 nitrogen and oxygen atoms in total. The minimum Gasteiger partial charge on any atom is -0.480 e. The number of anilines is 1. The van der Waals surface area contributed by atoms with Gasteiger partial charge in [0.15, 0.2) is 0 Å². The van der Waals surface area contributed by atoms with Crippen LogP contribution in [-0.2, 0) is 10.2 Å². The summed E-state index contributed by atoms with van der Waals surface area (Å²) in [6.45, 7) is 2.13. The molecule has 1 heterocycles. The summed E-state index contributed by atoms with van der Waals surface area (Å²) in [4.78, 5) is 13.8. The standard InChI is InChI=1S/C26H24ClNO2S/c1-17-13-19(16-31-17)23-14-18-5-2-3-8-22(18)25(23)9-11-26(12-10-25,24(29)30)28-21-7-4-6-20(27)15-21/h2-8,13-16,28H,9-12H2,1H3,(H,29,30). The van der Waals surface area contributed by atoms with Crippen molar-refractivity contribution < 1.29 is 9.90 Å². The number of carboxylic acids is 1. The summed E-state index contributed by atoms with van der Waals surface area (Å²) in [5, 5.41) is 16.4. The van der Waals surface area contributed by atoms with E-state index in [-0.39, 0.29) is 5.41 Å². The zero-order chi connectivity index (χ0) is 21.6. The predicted molar refractivity (Wildman–Crippen MR) is 129 cm³/mol. The molecule has 2 aromatic carbocycles. The Labute approximate surface area is 191 Å². The van der Waals surface area contributed by atoms with Gasteiger partial charge in [-0.3, -0.25) is 0 Å². The van der Waals surface area contributed by atoms with Gasteiger partial charge in [-0.25, -0.2) is 4.79 Å². The normalized spacial score (nSPS) is 24.6. The summed E-state index contributed by atoms with van der Waals surface area (Å²) < 4.78 is 0. The summed E-state index contributed by atoms with van der Waals surface area (Å²) >= 11 is 7.90. The van der Waals surface area contributed by atoms with Gasteiger partial charge < -0.3 is 10.4 Å². The fraction of sp³-hybridized carbons (Fsp3) is 0.269. The topological polar surface area (TPSA) is 49.3 Å². The van der Waals surface area contributed by atoms with E-state index in [1.165, 1.54) is 27.1 Å². The number of thiophene rings is 1. The Morgan fingerprint density at radius 3 is 2.52 bits per heavy atom. The van der Waals surface area contributed by atoms with Gasteiger partial charge in [0, 0.05) is 21.0 Å². The minimum atomic E-state index is -0.997. The number of aryl methyl sites for hydroxylation is 1. The number of allylic oxidation sites excluding steroid dienone is 1. The maximum atomic E-state index is 12.5. The highest BCUT2D eigenvalue weighted by molar-refractivity contribution is 7.10. The monoisotopic (exact) mass is 449 g/mol. The quantitative estimate of drug-likeness (QED) is 0.450. The molecular formula is C26H24ClNO2S. The molecule has 1 fully saturated rings. The van der Waals surface area contributed by atoms with E-state index in [1.807, 2.05) is 12.1 Å². The number of nitrogens with one attached hydrogen (secondary N) is 1. The molecule has 0 saturated heterocycles. The van der Waals surface area contributed by atoms with Gasteiger partial charge in [-0.2, -0.15) is 0 Å². The Balaban J connectivity index is 1.51. The average molecular weight is 450 g/mol. The molecule has 5 heteroatoms. The summed E-state index contributed by atoms with van der Waals surface area (Å²) in [7, 11) is 0. The van der Waals surface area contributed by atoms with E-state index >= 15 is 0 Å². The maximum absolute atomic E-state index is 12.5. The first-order valence-electron chi connectivity index (χ1n) is 10.6. The van der Waals surface area contributed by atoms with Crippen molar-refractivity contribution in [2.24, 2.45) is 0 Å². The minimum absolute atomic E-state index is 0.140. The summed E-state index contributed by atoms with van der Waals surface area (Å²) in [5.41, 5.74) is 4.80. The highest BCUT2D eigenvalue weighted by Gasteiger charge is 2.51. The van der Waals surface area contributed by atoms with Gasteiger partial charge in [-0.05, 0) is 90.6 Å². The van der Waals surface area contributed by atoms with Crippen LogP contribution in [0.4, 0.5) is 5.69 Å². The van der Waals surface area contributed by atoms with Crippen molar-refractivity contribution in [2.75, 3.05) is 5.32 Å². The van der Waals surface area contributed by atoms with Crippen LogP contribution in [-0.4, -0.2) is 16.6 Å². The highest BCUT2D eigenvalue weighted by atomic mass is 35.5. The van der Waals surface area contributed by atoms with Crippen molar-refractivity contribution >= 4 is 46.2 Å². The molecule has 2 aliphatic rings. The Kier molecular flexibility index (Phi) is 4.95. The SMILES string of the molecule is Cc1cc(C2=Cc3ccccc3C23CCC(Nc2cccc(Cl)c2)(C(=O)O)CC3)cs1. The number of hydrogen-bond acceptors (Lipinski definition) is 3. The van der Waals surface area contributed by atoms with E-state index in [4.69, 9.17) is 11.6 Å². The van der Waals surface area contributed by atoms with Crippen LogP contribution in [0.2, 0.25) is 5.02 Å². The van der Waals surface area contributed by atoms with Gasteiger partial charge in [0.05, 0.1) is 0 Å². The second-order valence-corrected chi connectivity index (χ2v) is 10.2. The Morgan fingerprint density at radius 2 is 1.84 bits per heavy atom. The van der Waals surface area contributed by atoms with Crippen molar-refractivity contribution in [3.63, 3.8) is 0 Å². The lowest BCUT2D eigenvalue weighted by Crippen LogP contribution is -2.52. The van der Waals surface area contributed by atoms with Gasteiger partial charge in [0.25, 0.3) is 0 Å². The molecule has 31 heavy (non-hydrogen) atoms. The summed E-state index contributed by atoms with van der Waals surface area (Å²) in [5.74, 6) is -0.800. The van der Waals surface area contributed by atoms with E-state index in [1.54, 1.807) is 23.5 Å². The molecule has 1 aromatic heterocycles. The first-order valence-corrected chi connectivity index (χ1v) is 11.8. The van der Waals surface area contributed by atoms with Crippen LogP contribution in [0.5, 0.6) is 0 Å². The average Bonchev–Trinajstić information content (AvgIpc) is 3.32. The van der Waals surface area contributed by atoms with Gasteiger partial charge in [0.2, 0.25) is 0 Å². The third kappa shape index (κ3) is 3.38. The van der Waals surface area contributed by atoms with Crippen LogP contribution in [0.15, 0.2) is 60.0 Å². The fourth-order valence-corrected chi connectivity index (χ4v) is 6.21. The maximum Gasteiger partial charge on any atom is 0.329 e. The van der Waals surface area contributed by atoms with E-state index in [0.717, 1.165) is 18.5 Å². The van der Waals surface area contributed by atoms with Crippen molar-refractivity contribution in [3.05, 3.63) is 86.6 Å². The molecule has 0 bridgehead atoms. The molecule has 5 rings (SSSR count). The lowest BCUT2D eigenvalue weighted by Gasteiger charge is -2.45. The number of rotatable bonds is 4. The number of fused-ring (bicyclic) bond motifs is 2. The third-order valence-electron chi connectivity index (χ3n) is 6.91. The lowest BCUT2D eigenvalue weighted by molar-refractivity contribution is -0.143. The van der Waals surface area contributed by atoms with Crippen molar-refractivity contribution in [1.82, 2.24) is 0 Å². The molecule has 1 spiro atoms. The van der Waals surface area contributed by atoms with Crippen LogP contribution >= 0.6 is 22.9 Å². The van der Waals surface area contributed by atoms with Gasteiger partial charge >= 0.3 is 5.97 Å². The predicted octanol–water partition coefficient (Wildman–Crippen LogP) is 7.01. The number of halogens is 1. The van der Waals surface area contributed by atoms with Crippen molar-refractivity contribution in [3.8, 4) is 0 Å². The largest absolute Gasteiger partial charge is 0.480 e. The Morgan fingerprint density at radius 1 is 1.06 bits per heavy atom. The van der Waals surface area contributed by atoms with Crippen LogP contribution in [0, 0.1) is 6.92 Å². The molecule has 158 valence electrons. The van der Waals surface area contributed by atoms with Crippen LogP contribution in [0.3, 0.4) is 0 Å². The molecule has 0 unspecified atom stereocenters. The zero-order valence-corrected chi connectivity index (χ0v) is 18.9. The molecule has 2 N–H and O–H groups in total. The van der Waals surface area contributed by atoms with E-state index < -0.39 is 11.5 Å². The van der Waals surface area contributed by atoms with Crippen LogP contribution in [0.1, 0.15) is 47.3 Å². The molecule has 0 radical (unpaired) electrons. The number of aliphatic carboxylic acids is 1. The highest BCUT2D eigenvalue weighted by Crippen LogP contribution is 2.57. The number of hydrogen-bond donors (Lipinski definition) is 2. The second kappa shape index (κ2) is 7.54. The zero-order valence-electron chi connectivity index (χ0n) is 17.3. The number of benzene rings is 2. The van der Waals surface area contributed by atoms with Gasteiger partial charge in [-0.15, -0.1) is 11.3 Å². The molecule has 0 aliphatic heterocycles. The smallest absolute Gasteiger partial charge is 0.329 e.